The molecule has 1 aromatic heterocycles. The number of para-hydroxylation sites is 2. The average Bonchev–Trinajstić information content (AvgIpc) is 3.44. The lowest BCUT2D eigenvalue weighted by Crippen LogP contribution is -2.49. The van der Waals surface area contributed by atoms with Crippen molar-refractivity contribution in [3.63, 3.8) is 0 Å². The number of amides is 1. The molecule has 1 N–H and O–H groups in total. The van der Waals surface area contributed by atoms with Crippen LogP contribution in [0.2, 0.25) is 0 Å². The second-order valence-corrected chi connectivity index (χ2v) is 13.5. The van der Waals surface area contributed by atoms with Crippen molar-refractivity contribution < 1.29 is 40.7 Å². The van der Waals surface area contributed by atoms with Gasteiger partial charge in [-0.3, -0.25) is 9.10 Å². The monoisotopic (exact) mass is 691 g/mol. The average molecular weight is 692 g/mol. The molecule has 6 rings (SSSR count). The van der Waals surface area contributed by atoms with Crippen LogP contribution in [-0.4, -0.2) is 63.0 Å². The number of fused-ring (bicyclic) bond motifs is 1. The number of furan rings is 1. The molecule has 1 aliphatic heterocycles. The summed E-state index contributed by atoms with van der Waals surface area (Å²) in [5.41, 5.74) is 1.89. The first-order chi connectivity index (χ1) is 23.3. The SMILES string of the molecule is Cc1c(C(=O)O)oc2ccc(S(=O)(=O)N(CCc3ccccc3)c3ccccc3N3CCN(C(=O)c4ccc(C(F)(F)F)cc4)CC3)cc12. The highest BCUT2D eigenvalue weighted by atomic mass is 32.2. The van der Waals surface area contributed by atoms with Crippen LogP contribution in [0.1, 0.15) is 37.6 Å². The van der Waals surface area contributed by atoms with E-state index in [1.54, 1.807) is 30.0 Å². The molecule has 0 spiro atoms. The Morgan fingerprint density at radius 3 is 2.18 bits per heavy atom. The van der Waals surface area contributed by atoms with Crippen LogP contribution in [0, 0.1) is 6.92 Å². The van der Waals surface area contributed by atoms with Gasteiger partial charge in [-0.05, 0) is 73.5 Å². The lowest BCUT2D eigenvalue weighted by molar-refractivity contribution is -0.137. The van der Waals surface area contributed by atoms with Crippen molar-refractivity contribution in [1.29, 1.82) is 0 Å². The number of carboxylic acids is 1. The van der Waals surface area contributed by atoms with Crippen LogP contribution in [0.15, 0.2) is 106 Å². The Bertz CT molecular complexity index is 2110. The summed E-state index contributed by atoms with van der Waals surface area (Å²) in [5.74, 6) is -1.89. The van der Waals surface area contributed by atoms with Gasteiger partial charge in [0.2, 0.25) is 5.76 Å². The van der Waals surface area contributed by atoms with Gasteiger partial charge in [-0.15, -0.1) is 0 Å². The van der Waals surface area contributed by atoms with E-state index in [1.165, 1.54) is 34.6 Å². The zero-order valence-corrected chi connectivity index (χ0v) is 27.2. The molecule has 1 aliphatic rings. The number of carboxylic acid groups (broad SMARTS) is 1. The Morgan fingerprint density at radius 2 is 1.53 bits per heavy atom. The first-order valence-electron chi connectivity index (χ1n) is 15.5. The topological polar surface area (TPSA) is 111 Å². The minimum absolute atomic E-state index is 0.0318. The minimum atomic E-state index is -4.50. The van der Waals surface area contributed by atoms with Gasteiger partial charge in [0.05, 0.1) is 21.8 Å². The molecule has 4 aromatic carbocycles. The Morgan fingerprint density at radius 1 is 0.878 bits per heavy atom. The van der Waals surface area contributed by atoms with E-state index < -0.39 is 27.7 Å². The second-order valence-electron chi connectivity index (χ2n) is 11.7. The molecule has 5 aromatic rings. The fourth-order valence-corrected chi connectivity index (χ4v) is 7.52. The molecule has 254 valence electrons. The lowest BCUT2D eigenvalue weighted by atomic mass is 10.1. The molecule has 2 heterocycles. The van der Waals surface area contributed by atoms with Gasteiger partial charge in [-0.25, -0.2) is 13.2 Å². The van der Waals surface area contributed by atoms with Crippen molar-refractivity contribution in [3.8, 4) is 0 Å². The predicted molar refractivity (Wildman–Crippen MR) is 179 cm³/mol. The van der Waals surface area contributed by atoms with E-state index in [0.29, 0.717) is 41.8 Å². The Labute approximate surface area is 280 Å². The molecule has 1 saturated heterocycles. The van der Waals surface area contributed by atoms with Crippen molar-refractivity contribution in [3.05, 3.63) is 125 Å². The molecule has 1 fully saturated rings. The molecule has 0 atom stereocenters. The van der Waals surface area contributed by atoms with E-state index in [-0.39, 0.29) is 47.3 Å². The molecule has 1 amide bonds. The van der Waals surface area contributed by atoms with Crippen molar-refractivity contribution in [2.24, 2.45) is 0 Å². The van der Waals surface area contributed by atoms with E-state index in [2.05, 4.69) is 0 Å². The molecule has 0 aliphatic carbocycles. The van der Waals surface area contributed by atoms with Gasteiger partial charge in [0, 0.05) is 49.2 Å². The van der Waals surface area contributed by atoms with Gasteiger partial charge in [-0.1, -0.05) is 42.5 Å². The molecule has 49 heavy (non-hydrogen) atoms. The standard InChI is InChI=1S/C36H32F3N3O6S/c1-24-29-23-28(15-16-32(29)48-33(24)35(44)45)49(46,47)42(18-17-25-7-3-2-4-8-25)31-10-6-5-9-30(31)40-19-21-41(22-20-40)34(43)26-11-13-27(14-12-26)36(37,38)39/h2-16,23H,17-22H2,1H3,(H,44,45). The summed E-state index contributed by atoms with van der Waals surface area (Å²) in [6.07, 6.45) is -4.10. The highest BCUT2D eigenvalue weighted by Gasteiger charge is 2.32. The van der Waals surface area contributed by atoms with Crippen LogP contribution < -0.4 is 9.21 Å². The summed E-state index contributed by atoms with van der Waals surface area (Å²) in [5, 5.41) is 9.90. The molecular formula is C36H32F3N3O6S. The molecule has 0 unspecified atom stereocenters. The molecule has 9 nitrogen and oxygen atoms in total. The van der Waals surface area contributed by atoms with Crippen LogP contribution in [0.25, 0.3) is 11.0 Å². The maximum atomic E-state index is 14.5. The van der Waals surface area contributed by atoms with Crippen LogP contribution in [0.5, 0.6) is 0 Å². The van der Waals surface area contributed by atoms with Gasteiger partial charge in [-0.2, -0.15) is 13.2 Å². The van der Waals surface area contributed by atoms with Crippen LogP contribution >= 0.6 is 0 Å². The largest absolute Gasteiger partial charge is 0.475 e. The summed E-state index contributed by atoms with van der Waals surface area (Å²) >= 11 is 0. The van der Waals surface area contributed by atoms with Crippen molar-refractivity contribution in [1.82, 2.24) is 4.90 Å². The lowest BCUT2D eigenvalue weighted by Gasteiger charge is -2.38. The third-order valence-corrected chi connectivity index (χ3v) is 10.5. The van der Waals surface area contributed by atoms with Gasteiger partial charge in [0.25, 0.3) is 15.9 Å². The van der Waals surface area contributed by atoms with E-state index in [9.17, 15) is 36.3 Å². The number of piperazine rings is 1. The molecule has 0 bridgehead atoms. The van der Waals surface area contributed by atoms with E-state index in [1.807, 2.05) is 41.3 Å². The Kier molecular flexibility index (Phi) is 9.12. The third kappa shape index (κ3) is 6.84. The summed E-state index contributed by atoms with van der Waals surface area (Å²) in [4.78, 5) is 28.3. The van der Waals surface area contributed by atoms with E-state index >= 15 is 0 Å². The number of anilines is 2. The quantitative estimate of drug-likeness (QED) is 0.180. The highest BCUT2D eigenvalue weighted by Crippen LogP contribution is 2.36. The maximum Gasteiger partial charge on any atom is 0.416 e. The summed E-state index contributed by atoms with van der Waals surface area (Å²) in [6, 6.07) is 25.0. The number of aryl methyl sites for hydroxylation is 1. The number of sulfonamides is 1. The summed E-state index contributed by atoms with van der Waals surface area (Å²) in [7, 11) is -4.21. The molecule has 0 saturated carbocycles. The van der Waals surface area contributed by atoms with Gasteiger partial charge >= 0.3 is 12.1 Å². The van der Waals surface area contributed by atoms with Crippen molar-refractivity contribution in [2.45, 2.75) is 24.4 Å². The molecule has 13 heteroatoms. The van der Waals surface area contributed by atoms with E-state index in [4.69, 9.17) is 4.42 Å². The first kappa shape index (κ1) is 33.6. The Hall–Kier alpha value is -5.30. The normalized spacial score (nSPS) is 13.9. The number of hydrogen-bond donors (Lipinski definition) is 1. The molecular weight excluding hydrogens is 659 g/mol. The van der Waals surface area contributed by atoms with Crippen LogP contribution in [0.4, 0.5) is 24.5 Å². The van der Waals surface area contributed by atoms with Crippen molar-refractivity contribution >= 4 is 44.2 Å². The number of alkyl halides is 3. The van der Waals surface area contributed by atoms with Gasteiger partial charge in [0.1, 0.15) is 5.58 Å². The summed E-state index contributed by atoms with van der Waals surface area (Å²) in [6.45, 7) is 2.91. The zero-order valence-electron chi connectivity index (χ0n) is 26.4. The first-order valence-corrected chi connectivity index (χ1v) is 16.9. The number of hydrogen-bond acceptors (Lipinski definition) is 6. The van der Waals surface area contributed by atoms with Gasteiger partial charge in [0.15, 0.2) is 0 Å². The fourth-order valence-electron chi connectivity index (χ4n) is 6.01. The Balaban J connectivity index is 1.30. The fraction of sp³-hybridized carbons (Fsp3) is 0.222. The zero-order chi connectivity index (χ0) is 34.9. The number of carbonyl (C=O) groups is 2. The highest BCUT2D eigenvalue weighted by molar-refractivity contribution is 7.92. The smallest absolute Gasteiger partial charge is 0.416 e. The number of nitrogens with zero attached hydrogens (tertiary/aromatic N) is 3. The molecule has 0 radical (unpaired) electrons. The number of benzene rings is 4. The van der Waals surface area contributed by atoms with Crippen LogP contribution in [-0.2, 0) is 22.6 Å². The number of carbonyl (C=O) groups excluding carboxylic acids is 1. The van der Waals surface area contributed by atoms with Crippen LogP contribution in [0.3, 0.4) is 0 Å². The second kappa shape index (κ2) is 13.3. The predicted octanol–water partition coefficient (Wildman–Crippen LogP) is 6.86. The van der Waals surface area contributed by atoms with Gasteiger partial charge < -0.3 is 19.3 Å². The minimum Gasteiger partial charge on any atom is -0.475 e. The number of halogens is 3. The number of rotatable bonds is 9. The number of aromatic carboxylic acids is 1. The van der Waals surface area contributed by atoms with Crippen molar-refractivity contribution in [2.75, 3.05) is 41.9 Å². The third-order valence-electron chi connectivity index (χ3n) is 8.65. The summed E-state index contributed by atoms with van der Waals surface area (Å²) < 4.78 is 74.9. The maximum absolute atomic E-state index is 14.5. The van der Waals surface area contributed by atoms with E-state index in [0.717, 1.165) is 17.7 Å².